The van der Waals surface area contributed by atoms with Crippen molar-refractivity contribution in [3.05, 3.63) is 58.2 Å². The molecule has 2 aliphatic heterocycles. The number of carbonyl (C=O) groups is 2. The highest BCUT2D eigenvalue weighted by Gasteiger charge is 2.60. The topological polar surface area (TPSA) is 94.6 Å². The molecule has 0 bridgehead atoms. The molecule has 8 heteroatoms. The predicted octanol–water partition coefficient (Wildman–Crippen LogP) is 3.15. The number of hydrogen-bond acceptors (Lipinski definition) is 5. The van der Waals surface area contributed by atoms with Gasteiger partial charge in [-0.3, -0.25) is 14.5 Å². The Hall–Kier alpha value is -2.64. The van der Waals surface area contributed by atoms with Crippen molar-refractivity contribution in [1.29, 1.82) is 0 Å². The van der Waals surface area contributed by atoms with Gasteiger partial charge in [0.2, 0.25) is 5.91 Å². The number of nitrogens with zero attached hydrogens (tertiary/aromatic N) is 2. The number of likely N-dealkylation sites (tertiary alicyclic amines) is 1. The molecule has 0 radical (unpaired) electrons. The summed E-state index contributed by atoms with van der Waals surface area (Å²) in [6, 6.07) is 10.6. The molecule has 1 saturated carbocycles. The van der Waals surface area contributed by atoms with Crippen LogP contribution >= 0.6 is 11.6 Å². The van der Waals surface area contributed by atoms with Crippen molar-refractivity contribution in [2.24, 2.45) is 17.8 Å². The van der Waals surface area contributed by atoms with Crippen LogP contribution in [-0.2, 0) is 22.4 Å². The monoisotopic (exact) mass is 468 g/mol. The fourth-order valence-corrected chi connectivity index (χ4v) is 5.69. The number of hydrogen-bond donors (Lipinski definition) is 3. The standard InChI is InChI=1S/C25H29ClN4O3/c26-20-8-2-1-7-17(20)22(25(32)33)30-13-18-19(14-30)21(18)24(31)28-12-4-6-16-10-9-15-5-3-11-27-23(15)29-16/h1-2,7-10,18-19,21-22H,3-6,11-14H2,(H,27,29)(H,28,31)(H,32,33)/t18-,19+,21+,22?. The van der Waals surface area contributed by atoms with Crippen LogP contribution in [0.1, 0.15) is 35.7 Å². The molecule has 174 valence electrons. The predicted molar refractivity (Wildman–Crippen MR) is 126 cm³/mol. The summed E-state index contributed by atoms with van der Waals surface area (Å²) in [4.78, 5) is 31.3. The first-order chi connectivity index (χ1) is 16.0. The molecule has 1 unspecified atom stereocenters. The Bertz CT molecular complexity index is 1050. The van der Waals surface area contributed by atoms with Crippen LogP contribution in [-0.4, -0.2) is 53.0 Å². The summed E-state index contributed by atoms with van der Waals surface area (Å²) in [5, 5.41) is 16.7. The number of aromatic nitrogens is 1. The molecule has 1 amide bonds. The van der Waals surface area contributed by atoms with Crippen molar-refractivity contribution in [3.63, 3.8) is 0 Å². The third kappa shape index (κ3) is 4.57. The van der Waals surface area contributed by atoms with Gasteiger partial charge in [0.25, 0.3) is 0 Å². The van der Waals surface area contributed by atoms with Gasteiger partial charge in [-0.15, -0.1) is 0 Å². The number of piperidine rings is 1. The molecule has 1 saturated heterocycles. The highest BCUT2D eigenvalue weighted by atomic mass is 35.5. The number of pyridine rings is 1. The zero-order valence-electron chi connectivity index (χ0n) is 18.5. The van der Waals surface area contributed by atoms with Gasteiger partial charge < -0.3 is 15.7 Å². The zero-order valence-corrected chi connectivity index (χ0v) is 19.2. The lowest BCUT2D eigenvalue weighted by Gasteiger charge is -2.27. The molecule has 2 fully saturated rings. The number of anilines is 1. The number of halogens is 1. The number of carboxylic acids is 1. The largest absolute Gasteiger partial charge is 0.480 e. The van der Waals surface area contributed by atoms with Crippen molar-refractivity contribution in [1.82, 2.24) is 15.2 Å². The van der Waals surface area contributed by atoms with Crippen LogP contribution in [0.4, 0.5) is 5.82 Å². The summed E-state index contributed by atoms with van der Waals surface area (Å²) >= 11 is 6.26. The Morgan fingerprint density at radius 2 is 2.00 bits per heavy atom. The minimum Gasteiger partial charge on any atom is -0.480 e. The van der Waals surface area contributed by atoms with E-state index < -0.39 is 12.0 Å². The van der Waals surface area contributed by atoms with Crippen molar-refractivity contribution in [2.75, 3.05) is 31.5 Å². The molecule has 5 rings (SSSR count). The van der Waals surface area contributed by atoms with Gasteiger partial charge in [-0.2, -0.15) is 0 Å². The number of benzene rings is 1. The van der Waals surface area contributed by atoms with Gasteiger partial charge >= 0.3 is 5.97 Å². The van der Waals surface area contributed by atoms with Crippen LogP contribution < -0.4 is 10.6 Å². The molecule has 3 N–H and O–H groups in total. The molecule has 1 aliphatic carbocycles. The van der Waals surface area contributed by atoms with Gasteiger partial charge in [-0.05, 0) is 60.8 Å². The normalized spacial score (nSPS) is 24.3. The van der Waals surface area contributed by atoms with Crippen LogP contribution in [0.5, 0.6) is 0 Å². The molecule has 0 spiro atoms. The lowest BCUT2D eigenvalue weighted by atomic mass is 10.0. The highest BCUT2D eigenvalue weighted by molar-refractivity contribution is 6.31. The van der Waals surface area contributed by atoms with E-state index in [2.05, 4.69) is 22.8 Å². The molecular formula is C25H29ClN4O3. The number of amides is 1. The second-order valence-corrected chi connectivity index (χ2v) is 9.71. The van der Waals surface area contributed by atoms with Crippen molar-refractivity contribution >= 4 is 29.3 Å². The van der Waals surface area contributed by atoms with E-state index >= 15 is 0 Å². The Labute approximate surface area is 198 Å². The van der Waals surface area contributed by atoms with Gasteiger partial charge in [0.1, 0.15) is 11.9 Å². The van der Waals surface area contributed by atoms with Crippen molar-refractivity contribution in [3.8, 4) is 0 Å². The fraction of sp³-hybridized carbons (Fsp3) is 0.480. The van der Waals surface area contributed by atoms with Gasteiger partial charge in [-0.1, -0.05) is 35.9 Å². The molecule has 1 aromatic heterocycles. The van der Waals surface area contributed by atoms with E-state index in [1.54, 1.807) is 24.3 Å². The van der Waals surface area contributed by atoms with Gasteiger partial charge in [0.15, 0.2) is 0 Å². The second kappa shape index (κ2) is 9.31. The number of fused-ring (bicyclic) bond motifs is 2. The zero-order chi connectivity index (χ0) is 22.9. The fourth-order valence-electron chi connectivity index (χ4n) is 5.45. The molecule has 4 atom stereocenters. The third-order valence-electron chi connectivity index (χ3n) is 7.18. The minimum atomic E-state index is -0.906. The first-order valence-electron chi connectivity index (χ1n) is 11.7. The van der Waals surface area contributed by atoms with Gasteiger partial charge in [-0.25, -0.2) is 4.98 Å². The van der Waals surface area contributed by atoms with Crippen molar-refractivity contribution in [2.45, 2.75) is 31.7 Å². The van der Waals surface area contributed by atoms with Crippen LogP contribution in [0.2, 0.25) is 5.02 Å². The molecule has 3 heterocycles. The maximum atomic E-state index is 12.7. The molecule has 3 aliphatic rings. The van der Waals surface area contributed by atoms with Gasteiger partial charge in [0, 0.05) is 42.8 Å². The van der Waals surface area contributed by atoms with E-state index in [9.17, 15) is 14.7 Å². The third-order valence-corrected chi connectivity index (χ3v) is 7.53. The van der Waals surface area contributed by atoms with E-state index in [1.165, 1.54) is 5.56 Å². The first kappa shape index (κ1) is 22.2. The number of aryl methyl sites for hydroxylation is 2. The Kier molecular flexibility index (Phi) is 6.25. The lowest BCUT2D eigenvalue weighted by Crippen LogP contribution is -2.37. The maximum Gasteiger partial charge on any atom is 0.325 e. The quantitative estimate of drug-likeness (QED) is 0.515. The maximum absolute atomic E-state index is 12.7. The van der Waals surface area contributed by atoms with Crippen LogP contribution in [0, 0.1) is 17.8 Å². The summed E-state index contributed by atoms with van der Waals surface area (Å²) in [7, 11) is 0. The first-order valence-corrected chi connectivity index (χ1v) is 12.1. The summed E-state index contributed by atoms with van der Waals surface area (Å²) in [6.07, 6.45) is 3.91. The molecule has 7 nitrogen and oxygen atoms in total. The van der Waals surface area contributed by atoms with Crippen LogP contribution in [0.3, 0.4) is 0 Å². The number of rotatable bonds is 8. The number of nitrogens with one attached hydrogen (secondary N) is 2. The summed E-state index contributed by atoms with van der Waals surface area (Å²) in [5.41, 5.74) is 2.95. The Morgan fingerprint density at radius 3 is 2.76 bits per heavy atom. The van der Waals surface area contributed by atoms with E-state index in [1.807, 2.05) is 4.90 Å². The van der Waals surface area contributed by atoms with Gasteiger partial charge in [0.05, 0.1) is 0 Å². The van der Waals surface area contributed by atoms with Crippen molar-refractivity contribution < 1.29 is 14.7 Å². The number of aliphatic carboxylic acids is 1. The second-order valence-electron chi connectivity index (χ2n) is 9.30. The highest BCUT2D eigenvalue weighted by Crippen LogP contribution is 2.53. The van der Waals surface area contributed by atoms with E-state index in [0.29, 0.717) is 30.2 Å². The average molecular weight is 469 g/mol. The van der Waals surface area contributed by atoms with E-state index in [0.717, 1.165) is 43.7 Å². The SMILES string of the molecule is O=C(O)C(c1ccccc1Cl)N1C[C@@H]2[C@H](C1)[C@H]2C(=O)NCCCc1ccc2c(n1)NCCC2. The summed E-state index contributed by atoms with van der Waals surface area (Å²) < 4.78 is 0. The Balaban J connectivity index is 1.08. The van der Waals surface area contributed by atoms with Crippen LogP contribution in [0.15, 0.2) is 36.4 Å². The number of carboxylic acid groups (broad SMARTS) is 1. The lowest BCUT2D eigenvalue weighted by molar-refractivity contribution is -0.143. The average Bonchev–Trinajstić information content (AvgIpc) is 3.32. The molecular weight excluding hydrogens is 440 g/mol. The molecule has 1 aromatic carbocycles. The Morgan fingerprint density at radius 1 is 1.21 bits per heavy atom. The van der Waals surface area contributed by atoms with Crippen LogP contribution in [0.25, 0.3) is 0 Å². The molecule has 33 heavy (non-hydrogen) atoms. The summed E-state index contributed by atoms with van der Waals surface area (Å²) in [5.74, 6) is 0.638. The minimum absolute atomic E-state index is 0.00647. The van der Waals surface area contributed by atoms with E-state index in [4.69, 9.17) is 16.6 Å². The smallest absolute Gasteiger partial charge is 0.325 e. The summed E-state index contributed by atoms with van der Waals surface area (Å²) in [6.45, 7) is 2.82. The molecule has 2 aromatic rings. The van der Waals surface area contributed by atoms with E-state index in [-0.39, 0.29) is 23.7 Å². The number of carbonyl (C=O) groups excluding carboxylic acids is 1.